The van der Waals surface area contributed by atoms with Gasteiger partial charge in [0.25, 0.3) is 0 Å². The van der Waals surface area contributed by atoms with E-state index in [-0.39, 0.29) is 25.0 Å². The number of fused-ring (bicyclic) bond motifs is 2. The van der Waals surface area contributed by atoms with E-state index in [4.69, 9.17) is 33.2 Å². The minimum absolute atomic E-state index is 0.0762. The van der Waals surface area contributed by atoms with E-state index < -0.39 is 23.6 Å². The molecule has 0 radical (unpaired) electrons. The van der Waals surface area contributed by atoms with Crippen LogP contribution in [0.2, 0.25) is 0 Å². The van der Waals surface area contributed by atoms with Gasteiger partial charge in [-0.05, 0) is 35.4 Å². The third-order valence-electron chi connectivity index (χ3n) is 6.69. The molecular weight excluding hydrogens is 456 g/mol. The van der Waals surface area contributed by atoms with Crippen LogP contribution >= 0.6 is 0 Å². The minimum Gasteiger partial charge on any atom is -0.493 e. The molecule has 0 N–H and O–H groups in total. The standard InChI is InChI=1S/C26H30O9/c1-14(27)34-25-18-11-23(32-6)22(31-5)10-17(18)24(16-7-8-20(29-3)21(9-16)30-4)19-12-33-13-26(19,25)35-15(2)28/h7-11,19,24-25H,12-13H2,1-6H3/t19-,24+,25?,26-/m1/s1. The van der Waals surface area contributed by atoms with E-state index in [9.17, 15) is 9.59 Å². The Kier molecular flexibility index (Phi) is 6.80. The van der Waals surface area contributed by atoms with Gasteiger partial charge in [0.1, 0.15) is 0 Å². The van der Waals surface area contributed by atoms with Crippen molar-refractivity contribution >= 4 is 11.9 Å². The Labute approximate surface area is 204 Å². The maximum Gasteiger partial charge on any atom is 0.303 e. The van der Waals surface area contributed by atoms with Crippen molar-refractivity contribution in [2.45, 2.75) is 31.5 Å². The van der Waals surface area contributed by atoms with Crippen LogP contribution in [0.5, 0.6) is 23.0 Å². The van der Waals surface area contributed by atoms with Crippen LogP contribution < -0.4 is 18.9 Å². The van der Waals surface area contributed by atoms with Crippen molar-refractivity contribution in [3.8, 4) is 23.0 Å². The van der Waals surface area contributed by atoms with Gasteiger partial charge in [-0.1, -0.05) is 6.07 Å². The Bertz CT molecular complexity index is 1130. The molecule has 1 aliphatic carbocycles. The molecule has 0 aromatic heterocycles. The Morgan fingerprint density at radius 2 is 1.43 bits per heavy atom. The lowest BCUT2D eigenvalue weighted by molar-refractivity contribution is -0.195. The first kappa shape index (κ1) is 24.7. The molecule has 0 saturated carbocycles. The molecule has 35 heavy (non-hydrogen) atoms. The van der Waals surface area contributed by atoms with Crippen LogP contribution in [0.4, 0.5) is 0 Å². The number of carbonyl (C=O) groups is 2. The number of rotatable bonds is 7. The lowest BCUT2D eigenvalue weighted by atomic mass is 9.63. The second-order valence-electron chi connectivity index (χ2n) is 8.59. The third-order valence-corrected chi connectivity index (χ3v) is 6.69. The van der Waals surface area contributed by atoms with E-state index in [1.807, 2.05) is 24.3 Å². The van der Waals surface area contributed by atoms with Gasteiger partial charge in [-0.3, -0.25) is 9.59 Å². The van der Waals surface area contributed by atoms with Crippen molar-refractivity contribution in [3.05, 3.63) is 47.0 Å². The highest BCUT2D eigenvalue weighted by molar-refractivity contribution is 5.69. The lowest BCUT2D eigenvalue weighted by Gasteiger charge is -2.47. The minimum atomic E-state index is -1.23. The molecule has 1 saturated heterocycles. The summed E-state index contributed by atoms with van der Waals surface area (Å²) in [6.07, 6.45) is -0.900. The molecule has 9 heteroatoms. The number of hydrogen-bond donors (Lipinski definition) is 0. The maximum atomic E-state index is 12.3. The molecule has 0 spiro atoms. The van der Waals surface area contributed by atoms with Gasteiger partial charge in [0, 0.05) is 31.2 Å². The van der Waals surface area contributed by atoms with Gasteiger partial charge in [-0.25, -0.2) is 0 Å². The highest BCUT2D eigenvalue weighted by Crippen LogP contribution is 2.58. The van der Waals surface area contributed by atoms with Gasteiger partial charge in [-0.2, -0.15) is 0 Å². The van der Waals surface area contributed by atoms with E-state index in [1.165, 1.54) is 21.0 Å². The Morgan fingerprint density at radius 3 is 2.00 bits per heavy atom. The zero-order valence-corrected chi connectivity index (χ0v) is 20.7. The van der Waals surface area contributed by atoms with E-state index in [0.717, 1.165) is 11.1 Å². The topological polar surface area (TPSA) is 98.8 Å². The van der Waals surface area contributed by atoms with Gasteiger partial charge in [0.05, 0.1) is 41.7 Å². The zero-order chi connectivity index (χ0) is 25.3. The fraction of sp³-hybridized carbons (Fsp3) is 0.462. The SMILES string of the molecule is COc1ccc([C@H]2c3cc(OC)c(OC)cc3C(OC(C)=O)[C@@]3(OC(C)=O)COC[C@H]23)cc1OC. The summed E-state index contributed by atoms with van der Waals surface area (Å²) in [5.74, 6) is 0.474. The summed E-state index contributed by atoms with van der Waals surface area (Å²) in [6.45, 7) is 3.03. The van der Waals surface area contributed by atoms with Gasteiger partial charge in [0.15, 0.2) is 34.7 Å². The van der Waals surface area contributed by atoms with Gasteiger partial charge < -0.3 is 33.2 Å². The first-order valence-corrected chi connectivity index (χ1v) is 11.2. The Hall–Kier alpha value is -3.46. The highest BCUT2D eigenvalue weighted by Gasteiger charge is 2.62. The van der Waals surface area contributed by atoms with Crippen LogP contribution in [0.25, 0.3) is 0 Å². The normalized spacial score (nSPS) is 24.6. The molecule has 4 atom stereocenters. The molecule has 2 aromatic rings. The van der Waals surface area contributed by atoms with E-state index in [2.05, 4.69) is 0 Å². The first-order valence-electron chi connectivity index (χ1n) is 11.2. The van der Waals surface area contributed by atoms with Gasteiger partial charge in [-0.15, -0.1) is 0 Å². The highest BCUT2D eigenvalue weighted by atomic mass is 16.6. The lowest BCUT2D eigenvalue weighted by Crippen LogP contribution is -2.53. The Morgan fingerprint density at radius 1 is 0.829 bits per heavy atom. The van der Waals surface area contributed by atoms with E-state index in [1.54, 1.807) is 27.4 Å². The predicted octanol–water partition coefficient (Wildman–Crippen LogP) is 3.42. The van der Waals surface area contributed by atoms with Crippen LogP contribution in [0.3, 0.4) is 0 Å². The molecule has 2 aromatic carbocycles. The van der Waals surface area contributed by atoms with Crippen LogP contribution in [-0.4, -0.2) is 59.2 Å². The molecule has 1 fully saturated rings. The quantitative estimate of drug-likeness (QED) is 0.545. The molecule has 1 unspecified atom stereocenters. The fourth-order valence-electron chi connectivity index (χ4n) is 5.34. The molecule has 4 rings (SSSR count). The summed E-state index contributed by atoms with van der Waals surface area (Å²) in [4.78, 5) is 24.6. The largest absolute Gasteiger partial charge is 0.493 e. The average molecular weight is 487 g/mol. The van der Waals surface area contributed by atoms with Crippen molar-refractivity contribution in [3.63, 3.8) is 0 Å². The number of methoxy groups -OCH3 is 4. The average Bonchev–Trinajstić information content (AvgIpc) is 3.25. The summed E-state index contributed by atoms with van der Waals surface area (Å²) < 4.78 is 39.9. The number of carbonyl (C=O) groups excluding carboxylic acids is 2. The van der Waals surface area contributed by atoms with Crippen molar-refractivity contribution in [2.75, 3.05) is 41.7 Å². The summed E-state index contributed by atoms with van der Waals surface area (Å²) in [6, 6.07) is 9.32. The molecule has 0 bridgehead atoms. The van der Waals surface area contributed by atoms with Gasteiger partial charge >= 0.3 is 11.9 Å². The molecule has 0 amide bonds. The van der Waals surface area contributed by atoms with Crippen molar-refractivity contribution in [2.24, 2.45) is 5.92 Å². The molecule has 2 aliphatic rings. The van der Waals surface area contributed by atoms with Crippen LogP contribution in [0.1, 0.15) is 42.6 Å². The monoisotopic (exact) mass is 486 g/mol. The van der Waals surface area contributed by atoms with E-state index >= 15 is 0 Å². The maximum absolute atomic E-state index is 12.3. The summed E-state index contributed by atoms with van der Waals surface area (Å²) in [5, 5.41) is 0. The Balaban J connectivity index is 2.02. The van der Waals surface area contributed by atoms with Crippen LogP contribution in [0, 0.1) is 5.92 Å². The van der Waals surface area contributed by atoms with Crippen molar-refractivity contribution in [1.82, 2.24) is 0 Å². The van der Waals surface area contributed by atoms with E-state index in [0.29, 0.717) is 28.6 Å². The first-order chi connectivity index (χ1) is 16.8. The van der Waals surface area contributed by atoms with Crippen molar-refractivity contribution in [1.29, 1.82) is 0 Å². The molecule has 1 heterocycles. The second kappa shape index (κ2) is 9.65. The molecular formula is C26H30O9. The van der Waals surface area contributed by atoms with Crippen molar-refractivity contribution < 1.29 is 42.7 Å². The van der Waals surface area contributed by atoms with Crippen LogP contribution in [0.15, 0.2) is 30.3 Å². The molecule has 188 valence electrons. The fourth-order valence-corrected chi connectivity index (χ4v) is 5.34. The number of benzene rings is 2. The summed E-state index contributed by atoms with van der Waals surface area (Å²) >= 11 is 0. The summed E-state index contributed by atoms with van der Waals surface area (Å²) in [5.41, 5.74) is 1.16. The second-order valence-corrected chi connectivity index (χ2v) is 8.59. The number of hydrogen-bond acceptors (Lipinski definition) is 9. The smallest absolute Gasteiger partial charge is 0.303 e. The zero-order valence-electron chi connectivity index (χ0n) is 20.7. The summed E-state index contributed by atoms with van der Waals surface area (Å²) in [7, 11) is 6.24. The third kappa shape index (κ3) is 4.14. The molecule has 1 aliphatic heterocycles. The number of ether oxygens (including phenoxy) is 7. The number of esters is 2. The molecule has 9 nitrogen and oxygen atoms in total. The predicted molar refractivity (Wildman–Crippen MR) is 124 cm³/mol. The van der Waals surface area contributed by atoms with Gasteiger partial charge in [0.2, 0.25) is 0 Å². The van der Waals surface area contributed by atoms with Crippen LogP contribution in [-0.2, 0) is 23.8 Å².